The van der Waals surface area contributed by atoms with Crippen LogP contribution >= 0.6 is 0 Å². The number of nitrogens with zero attached hydrogens (tertiary/aromatic N) is 5. The Kier molecular flexibility index (Phi) is 5.19. The highest BCUT2D eigenvalue weighted by molar-refractivity contribution is 6.01. The molecule has 0 atom stereocenters. The van der Waals surface area contributed by atoms with Gasteiger partial charge in [-0.05, 0) is 51.0 Å². The van der Waals surface area contributed by atoms with Crippen LogP contribution in [0.3, 0.4) is 0 Å². The van der Waals surface area contributed by atoms with Crippen molar-refractivity contribution in [1.29, 1.82) is 0 Å². The number of aromatic amines is 2. The van der Waals surface area contributed by atoms with Crippen LogP contribution in [0.25, 0.3) is 44.2 Å². The van der Waals surface area contributed by atoms with Gasteiger partial charge in [0.2, 0.25) is 0 Å². The number of aromatic nitrogens is 6. The first-order valence-electron chi connectivity index (χ1n) is 12.1. The fourth-order valence-electron chi connectivity index (χ4n) is 5.09. The number of H-pyrrole nitrogens is 2. The molecule has 6 heterocycles. The highest BCUT2D eigenvalue weighted by Gasteiger charge is 2.33. The third-order valence-corrected chi connectivity index (χ3v) is 6.95. The highest BCUT2D eigenvalue weighted by atomic mass is 16.3. The molecule has 1 amide bonds. The molecule has 6 rings (SSSR count). The molecule has 5 aromatic rings. The predicted octanol–water partition coefficient (Wildman–Crippen LogP) is 2.11. The Hall–Kier alpha value is -4.38. The van der Waals surface area contributed by atoms with Crippen LogP contribution in [0.4, 0.5) is 0 Å². The average molecular weight is 500 g/mol. The molecule has 1 aliphatic rings. The molecule has 3 N–H and O–H groups in total. The number of aliphatic hydroxyl groups is 1. The molecular formula is C26H25N7O4. The van der Waals surface area contributed by atoms with E-state index in [9.17, 15) is 19.5 Å². The maximum Gasteiger partial charge on any atom is 0.329 e. The summed E-state index contributed by atoms with van der Waals surface area (Å²) in [6.45, 7) is 3.69. The van der Waals surface area contributed by atoms with Gasteiger partial charge in [0, 0.05) is 48.7 Å². The Labute approximate surface area is 209 Å². The van der Waals surface area contributed by atoms with Crippen LogP contribution in [0.2, 0.25) is 0 Å². The van der Waals surface area contributed by atoms with E-state index in [4.69, 9.17) is 4.98 Å². The maximum atomic E-state index is 13.2. The van der Waals surface area contributed by atoms with Crippen molar-refractivity contribution in [2.45, 2.75) is 38.3 Å². The lowest BCUT2D eigenvalue weighted by Gasteiger charge is -2.36. The van der Waals surface area contributed by atoms with Crippen LogP contribution < -0.4 is 11.2 Å². The van der Waals surface area contributed by atoms with Gasteiger partial charge in [-0.1, -0.05) is 0 Å². The van der Waals surface area contributed by atoms with E-state index < -0.39 is 16.9 Å². The lowest BCUT2D eigenvalue weighted by molar-refractivity contribution is -0.149. The van der Waals surface area contributed by atoms with Crippen molar-refractivity contribution in [3.63, 3.8) is 0 Å². The van der Waals surface area contributed by atoms with Crippen molar-refractivity contribution in [3.8, 4) is 11.3 Å². The van der Waals surface area contributed by atoms with Gasteiger partial charge in [0.25, 0.3) is 11.5 Å². The molecular weight excluding hydrogens is 474 g/mol. The summed E-state index contributed by atoms with van der Waals surface area (Å²) in [4.78, 5) is 59.3. The molecule has 11 nitrogen and oxygen atoms in total. The Morgan fingerprint density at radius 1 is 1.11 bits per heavy atom. The zero-order valence-electron chi connectivity index (χ0n) is 20.4. The van der Waals surface area contributed by atoms with Gasteiger partial charge in [-0.2, -0.15) is 0 Å². The van der Waals surface area contributed by atoms with Crippen LogP contribution in [0.5, 0.6) is 0 Å². The molecule has 0 bridgehead atoms. The Bertz CT molecular complexity index is 1800. The van der Waals surface area contributed by atoms with E-state index in [1.54, 1.807) is 15.7 Å². The predicted molar refractivity (Wildman–Crippen MR) is 138 cm³/mol. The minimum absolute atomic E-state index is 0.269. The summed E-state index contributed by atoms with van der Waals surface area (Å²) >= 11 is 0. The number of hydrogen-bond acceptors (Lipinski definition) is 7. The summed E-state index contributed by atoms with van der Waals surface area (Å²) in [5, 5.41) is 11.3. The number of pyridine rings is 3. The molecule has 0 unspecified atom stereocenters. The molecule has 188 valence electrons. The number of rotatable bonds is 3. The monoisotopic (exact) mass is 499 g/mol. The molecule has 1 aliphatic heterocycles. The molecule has 0 spiro atoms. The first kappa shape index (κ1) is 23.0. The number of amides is 1. The Morgan fingerprint density at radius 3 is 2.65 bits per heavy atom. The van der Waals surface area contributed by atoms with Gasteiger partial charge in [0.05, 0.1) is 22.1 Å². The van der Waals surface area contributed by atoms with Crippen LogP contribution in [-0.2, 0) is 4.79 Å². The zero-order chi connectivity index (χ0) is 25.9. The second-order valence-electron chi connectivity index (χ2n) is 9.94. The summed E-state index contributed by atoms with van der Waals surface area (Å²) in [5.41, 5.74) is 1.11. The van der Waals surface area contributed by atoms with E-state index in [2.05, 4.69) is 19.9 Å². The van der Waals surface area contributed by atoms with E-state index in [0.717, 1.165) is 16.6 Å². The molecule has 1 fully saturated rings. The van der Waals surface area contributed by atoms with Crippen LogP contribution in [0.1, 0.15) is 32.7 Å². The highest BCUT2D eigenvalue weighted by Crippen LogP contribution is 2.30. The molecule has 0 saturated carbocycles. The van der Waals surface area contributed by atoms with Crippen molar-refractivity contribution in [2.75, 3.05) is 13.1 Å². The van der Waals surface area contributed by atoms with Crippen LogP contribution in [0.15, 0.2) is 52.4 Å². The lowest BCUT2D eigenvalue weighted by Crippen LogP contribution is -2.49. The third-order valence-electron chi connectivity index (χ3n) is 6.95. The Balaban J connectivity index is 1.49. The van der Waals surface area contributed by atoms with Gasteiger partial charge in [-0.25, -0.2) is 14.8 Å². The van der Waals surface area contributed by atoms with Gasteiger partial charge in [0.15, 0.2) is 0 Å². The fourth-order valence-corrected chi connectivity index (χ4v) is 5.09. The van der Waals surface area contributed by atoms with Gasteiger partial charge in [-0.3, -0.25) is 24.1 Å². The zero-order valence-corrected chi connectivity index (χ0v) is 20.4. The third kappa shape index (κ3) is 3.87. The second-order valence-corrected chi connectivity index (χ2v) is 9.94. The minimum atomic E-state index is -1.46. The number of carbonyl (C=O) groups excluding carboxylic acids is 1. The van der Waals surface area contributed by atoms with Gasteiger partial charge in [0.1, 0.15) is 16.8 Å². The first-order chi connectivity index (χ1) is 17.7. The van der Waals surface area contributed by atoms with Gasteiger partial charge >= 0.3 is 5.69 Å². The van der Waals surface area contributed by atoms with Crippen molar-refractivity contribution < 1.29 is 9.90 Å². The minimum Gasteiger partial charge on any atom is -0.381 e. The second kappa shape index (κ2) is 8.34. The van der Waals surface area contributed by atoms with Crippen molar-refractivity contribution in [2.24, 2.45) is 0 Å². The molecule has 1 saturated heterocycles. The lowest BCUT2D eigenvalue weighted by atomic mass is 10.0. The van der Waals surface area contributed by atoms with Crippen molar-refractivity contribution in [1.82, 2.24) is 34.4 Å². The molecule has 5 aromatic heterocycles. The van der Waals surface area contributed by atoms with Crippen LogP contribution in [0, 0.1) is 0 Å². The van der Waals surface area contributed by atoms with Gasteiger partial charge in [-0.15, -0.1) is 0 Å². The van der Waals surface area contributed by atoms with Crippen LogP contribution in [-0.4, -0.2) is 64.1 Å². The number of piperidine rings is 1. The smallest absolute Gasteiger partial charge is 0.329 e. The fraction of sp³-hybridized carbons (Fsp3) is 0.308. The van der Waals surface area contributed by atoms with E-state index in [1.807, 2.05) is 30.5 Å². The SMILES string of the molecule is CC(C)(O)C(=O)N1CCC(n2c(=O)[nH]c(=O)c3cnc4ccc(-c5cnc6[nH]ccc6c5)nc4c32)CC1. The summed E-state index contributed by atoms with van der Waals surface area (Å²) in [7, 11) is 0. The number of likely N-dealkylation sites (tertiary alicyclic amines) is 1. The number of nitrogens with one attached hydrogen (secondary N) is 2. The maximum absolute atomic E-state index is 13.2. The summed E-state index contributed by atoms with van der Waals surface area (Å²) in [5.74, 6) is -0.349. The molecule has 37 heavy (non-hydrogen) atoms. The number of hydrogen-bond donors (Lipinski definition) is 3. The average Bonchev–Trinajstić information content (AvgIpc) is 3.36. The summed E-state index contributed by atoms with van der Waals surface area (Å²) < 4.78 is 1.58. The van der Waals surface area contributed by atoms with Crippen molar-refractivity contribution >= 4 is 38.9 Å². The van der Waals surface area contributed by atoms with E-state index >= 15 is 0 Å². The summed E-state index contributed by atoms with van der Waals surface area (Å²) in [6.07, 6.45) is 5.98. The Morgan fingerprint density at radius 2 is 1.89 bits per heavy atom. The van der Waals surface area contributed by atoms with Crippen molar-refractivity contribution in [3.05, 3.63) is 63.7 Å². The van der Waals surface area contributed by atoms with Gasteiger partial charge < -0.3 is 15.0 Å². The topological polar surface area (TPSA) is 150 Å². The molecule has 0 aliphatic carbocycles. The summed E-state index contributed by atoms with van der Waals surface area (Å²) in [6, 6.07) is 7.29. The van der Waals surface area contributed by atoms with E-state index in [1.165, 1.54) is 20.0 Å². The first-order valence-corrected chi connectivity index (χ1v) is 12.1. The molecule has 0 aromatic carbocycles. The van der Waals surface area contributed by atoms with E-state index in [0.29, 0.717) is 48.2 Å². The largest absolute Gasteiger partial charge is 0.381 e. The van der Waals surface area contributed by atoms with E-state index in [-0.39, 0.29) is 17.3 Å². The quantitative estimate of drug-likeness (QED) is 0.322. The standard InChI is InChI=1S/C26H25N7O4/c1-26(2,37)24(35)32-9-6-16(7-10-32)33-21-17(23(34)31-25(33)36)13-28-19-4-3-18(30-20(19)21)15-11-14-5-8-27-22(14)29-12-15/h3-5,8,11-13,16,37H,6-7,9-10H2,1-2H3,(H,27,29)(H,31,34,36). The molecule has 0 radical (unpaired) electrons. The normalized spacial score (nSPS) is 15.2. The number of carbonyl (C=O) groups is 1. The molecule has 11 heteroatoms. The number of fused-ring (bicyclic) bond motifs is 4.